The van der Waals surface area contributed by atoms with Crippen molar-refractivity contribution >= 4 is 12.1 Å². The zero-order valence-electron chi connectivity index (χ0n) is 14.4. The predicted octanol–water partition coefficient (Wildman–Crippen LogP) is 2.50. The van der Waals surface area contributed by atoms with Crippen LogP contribution in [0.2, 0.25) is 0 Å². The standard InChI is InChI=1S/C17H23F2NO5/c1-4-24-15(22)17(18,19)14(21)13(11(2)3)20-16(23)25-10-12-8-6-5-7-9-12/h5-9,11,13-14,21H,4,10H2,1-3H3,(H,20,23)/t13-,14+/m0/s1. The van der Waals surface area contributed by atoms with E-state index in [9.17, 15) is 23.5 Å². The Morgan fingerprint density at radius 2 is 1.80 bits per heavy atom. The first kappa shape index (κ1) is 20.8. The van der Waals surface area contributed by atoms with Gasteiger partial charge in [-0.05, 0) is 18.4 Å². The van der Waals surface area contributed by atoms with Crippen molar-refractivity contribution in [1.82, 2.24) is 5.32 Å². The van der Waals surface area contributed by atoms with Gasteiger partial charge in [0, 0.05) is 0 Å². The lowest BCUT2D eigenvalue weighted by Gasteiger charge is -2.31. The zero-order valence-corrected chi connectivity index (χ0v) is 14.4. The van der Waals surface area contributed by atoms with Crippen LogP contribution in [0.1, 0.15) is 26.3 Å². The Morgan fingerprint density at radius 3 is 2.32 bits per heavy atom. The lowest BCUT2D eigenvalue weighted by Crippen LogP contribution is -2.57. The van der Waals surface area contributed by atoms with E-state index in [0.717, 1.165) is 5.56 Å². The summed E-state index contributed by atoms with van der Waals surface area (Å²) in [7, 11) is 0. The number of hydrogen-bond donors (Lipinski definition) is 2. The number of nitrogens with one attached hydrogen (secondary N) is 1. The molecule has 6 nitrogen and oxygen atoms in total. The number of hydrogen-bond acceptors (Lipinski definition) is 5. The number of amides is 1. The molecule has 2 N–H and O–H groups in total. The Balaban J connectivity index is 2.72. The second kappa shape index (κ2) is 9.31. The Labute approximate surface area is 145 Å². The van der Waals surface area contributed by atoms with Crippen LogP contribution in [0.25, 0.3) is 0 Å². The summed E-state index contributed by atoms with van der Waals surface area (Å²) < 4.78 is 37.2. The van der Waals surface area contributed by atoms with E-state index in [1.807, 2.05) is 0 Å². The third-order valence-corrected chi connectivity index (χ3v) is 3.47. The zero-order chi connectivity index (χ0) is 19.0. The highest BCUT2D eigenvalue weighted by Crippen LogP contribution is 2.26. The summed E-state index contributed by atoms with van der Waals surface area (Å²) in [5.41, 5.74) is 0.719. The van der Waals surface area contributed by atoms with Crippen molar-refractivity contribution in [2.24, 2.45) is 5.92 Å². The molecule has 0 heterocycles. The summed E-state index contributed by atoms with van der Waals surface area (Å²) in [6.07, 6.45) is -3.42. The summed E-state index contributed by atoms with van der Waals surface area (Å²) in [4.78, 5) is 23.2. The highest BCUT2D eigenvalue weighted by Gasteiger charge is 2.52. The molecule has 0 aliphatic carbocycles. The van der Waals surface area contributed by atoms with Crippen molar-refractivity contribution < 1.29 is 33.0 Å². The molecule has 1 aromatic rings. The Hall–Kier alpha value is -2.22. The van der Waals surface area contributed by atoms with Crippen LogP contribution in [0.3, 0.4) is 0 Å². The maximum Gasteiger partial charge on any atom is 0.407 e. The summed E-state index contributed by atoms with van der Waals surface area (Å²) in [5, 5.41) is 12.1. The topological polar surface area (TPSA) is 84.9 Å². The number of esters is 1. The van der Waals surface area contributed by atoms with Crippen molar-refractivity contribution in [2.45, 2.75) is 45.4 Å². The molecule has 0 radical (unpaired) electrons. The highest BCUT2D eigenvalue weighted by molar-refractivity contribution is 5.78. The number of aliphatic hydroxyl groups excluding tert-OH is 1. The minimum absolute atomic E-state index is 0.0537. The fraction of sp³-hybridized carbons (Fsp3) is 0.529. The quantitative estimate of drug-likeness (QED) is 0.697. The molecule has 1 aromatic carbocycles. The maximum atomic E-state index is 14.0. The number of aliphatic hydroxyl groups is 1. The SMILES string of the molecule is CCOC(=O)C(F)(F)[C@H](O)[C@@H](NC(=O)OCc1ccccc1)C(C)C. The van der Waals surface area contributed by atoms with Gasteiger partial charge in [-0.3, -0.25) is 0 Å². The smallest absolute Gasteiger partial charge is 0.407 e. The van der Waals surface area contributed by atoms with Gasteiger partial charge in [-0.25, -0.2) is 9.59 Å². The largest absolute Gasteiger partial charge is 0.461 e. The van der Waals surface area contributed by atoms with Gasteiger partial charge < -0.3 is 19.9 Å². The number of carbonyl (C=O) groups excluding carboxylic acids is 2. The highest BCUT2D eigenvalue weighted by atomic mass is 19.3. The maximum absolute atomic E-state index is 14.0. The number of ether oxygens (including phenoxy) is 2. The van der Waals surface area contributed by atoms with E-state index in [4.69, 9.17) is 4.74 Å². The van der Waals surface area contributed by atoms with Gasteiger partial charge in [-0.15, -0.1) is 0 Å². The lowest BCUT2D eigenvalue weighted by atomic mass is 9.94. The van der Waals surface area contributed by atoms with E-state index in [0.29, 0.717) is 0 Å². The molecule has 0 aliphatic heterocycles. The molecule has 0 aromatic heterocycles. The summed E-state index contributed by atoms with van der Waals surface area (Å²) in [6, 6.07) is 7.39. The molecular weight excluding hydrogens is 336 g/mol. The molecule has 0 bridgehead atoms. The van der Waals surface area contributed by atoms with Crippen molar-refractivity contribution in [2.75, 3.05) is 6.61 Å². The first-order valence-corrected chi connectivity index (χ1v) is 7.90. The molecule has 1 amide bonds. The van der Waals surface area contributed by atoms with E-state index in [2.05, 4.69) is 10.1 Å². The van der Waals surface area contributed by atoms with Gasteiger partial charge in [0.2, 0.25) is 0 Å². The van der Waals surface area contributed by atoms with Gasteiger partial charge in [-0.2, -0.15) is 8.78 Å². The molecule has 0 saturated carbocycles. The van der Waals surface area contributed by atoms with E-state index < -0.39 is 36.0 Å². The second-order valence-electron chi connectivity index (χ2n) is 5.76. The predicted molar refractivity (Wildman–Crippen MR) is 86.0 cm³/mol. The van der Waals surface area contributed by atoms with Gasteiger partial charge in [0.1, 0.15) is 12.7 Å². The first-order valence-electron chi connectivity index (χ1n) is 7.90. The molecule has 0 fully saturated rings. The van der Waals surface area contributed by atoms with Crippen LogP contribution >= 0.6 is 0 Å². The molecular formula is C17H23F2NO5. The minimum atomic E-state index is -4.16. The normalized spacial score (nSPS) is 13.9. The summed E-state index contributed by atoms with van der Waals surface area (Å²) >= 11 is 0. The van der Waals surface area contributed by atoms with Gasteiger partial charge in [0.05, 0.1) is 12.6 Å². The lowest BCUT2D eigenvalue weighted by molar-refractivity contribution is -0.192. The van der Waals surface area contributed by atoms with Crippen LogP contribution in [0, 0.1) is 5.92 Å². The number of halogens is 2. The van der Waals surface area contributed by atoms with Crippen molar-refractivity contribution in [3.8, 4) is 0 Å². The molecule has 0 aliphatic rings. The van der Waals surface area contributed by atoms with E-state index in [1.165, 1.54) is 20.8 Å². The van der Waals surface area contributed by atoms with Crippen molar-refractivity contribution in [3.05, 3.63) is 35.9 Å². The fourth-order valence-corrected chi connectivity index (χ4v) is 2.08. The van der Waals surface area contributed by atoms with Crippen LogP contribution in [0.15, 0.2) is 30.3 Å². The minimum Gasteiger partial charge on any atom is -0.461 e. The molecule has 0 saturated heterocycles. The third-order valence-electron chi connectivity index (χ3n) is 3.47. The fourth-order valence-electron chi connectivity index (χ4n) is 2.08. The molecule has 0 unspecified atom stereocenters. The van der Waals surface area contributed by atoms with Gasteiger partial charge in [0.25, 0.3) is 0 Å². The van der Waals surface area contributed by atoms with E-state index in [1.54, 1.807) is 30.3 Å². The van der Waals surface area contributed by atoms with Crippen LogP contribution < -0.4 is 5.32 Å². The third kappa shape index (κ3) is 5.97. The van der Waals surface area contributed by atoms with Crippen LogP contribution in [-0.2, 0) is 20.9 Å². The molecule has 140 valence electrons. The van der Waals surface area contributed by atoms with Crippen molar-refractivity contribution in [3.63, 3.8) is 0 Å². The molecule has 25 heavy (non-hydrogen) atoms. The van der Waals surface area contributed by atoms with E-state index >= 15 is 0 Å². The van der Waals surface area contributed by atoms with Crippen molar-refractivity contribution in [1.29, 1.82) is 0 Å². The average molecular weight is 359 g/mol. The number of alkyl carbamates (subject to hydrolysis) is 1. The van der Waals surface area contributed by atoms with Crippen LogP contribution in [0.5, 0.6) is 0 Å². The summed E-state index contributed by atoms with van der Waals surface area (Å²) in [6.45, 7) is 4.11. The number of alkyl halides is 2. The number of benzene rings is 1. The average Bonchev–Trinajstić information content (AvgIpc) is 2.58. The van der Waals surface area contributed by atoms with E-state index in [-0.39, 0.29) is 13.2 Å². The summed E-state index contributed by atoms with van der Waals surface area (Å²) in [5.74, 6) is -6.58. The first-order chi connectivity index (χ1) is 11.7. The van der Waals surface area contributed by atoms with Gasteiger partial charge >= 0.3 is 18.0 Å². The molecule has 0 spiro atoms. The molecule has 8 heteroatoms. The number of carbonyl (C=O) groups is 2. The van der Waals surface area contributed by atoms with Gasteiger partial charge in [0.15, 0.2) is 0 Å². The van der Waals surface area contributed by atoms with Crippen LogP contribution in [-0.4, -0.2) is 41.8 Å². The monoisotopic (exact) mass is 359 g/mol. The second-order valence-corrected chi connectivity index (χ2v) is 5.76. The van der Waals surface area contributed by atoms with Gasteiger partial charge in [-0.1, -0.05) is 44.2 Å². The number of rotatable bonds is 8. The molecule has 1 rings (SSSR count). The van der Waals surface area contributed by atoms with Crippen LogP contribution in [0.4, 0.5) is 13.6 Å². The Morgan fingerprint density at radius 1 is 1.20 bits per heavy atom. The Kier molecular flexibility index (Phi) is 7.76. The Bertz CT molecular complexity index is 565. The molecule has 2 atom stereocenters.